The Labute approximate surface area is 198 Å². The molecular weight excluding hydrogens is 489 g/mol. The molecule has 7 heteroatoms. The highest BCUT2D eigenvalue weighted by molar-refractivity contribution is 14.0. The molecule has 1 fully saturated rings. The third-order valence-electron chi connectivity index (χ3n) is 6.26. The summed E-state index contributed by atoms with van der Waals surface area (Å²) in [5.74, 6) is 1.83. The Morgan fingerprint density at radius 2 is 1.93 bits per heavy atom. The number of nitrogens with one attached hydrogen (secondary N) is 3. The van der Waals surface area contributed by atoms with Gasteiger partial charge in [-0.1, -0.05) is 37.5 Å². The zero-order valence-electron chi connectivity index (χ0n) is 18.6. The van der Waals surface area contributed by atoms with Crippen molar-refractivity contribution in [1.29, 1.82) is 0 Å². The molecule has 30 heavy (non-hydrogen) atoms. The van der Waals surface area contributed by atoms with Gasteiger partial charge < -0.3 is 20.9 Å². The van der Waals surface area contributed by atoms with Crippen molar-refractivity contribution >= 4 is 41.5 Å². The zero-order valence-corrected chi connectivity index (χ0v) is 20.9. The van der Waals surface area contributed by atoms with Gasteiger partial charge in [-0.2, -0.15) is 0 Å². The molecule has 0 radical (unpaired) electrons. The van der Waals surface area contributed by atoms with Gasteiger partial charge in [0.1, 0.15) is 0 Å². The van der Waals surface area contributed by atoms with Gasteiger partial charge >= 0.3 is 0 Å². The van der Waals surface area contributed by atoms with E-state index in [-0.39, 0.29) is 35.8 Å². The molecule has 0 aromatic heterocycles. The topological polar surface area (TPSA) is 68.8 Å². The second-order valence-corrected chi connectivity index (χ2v) is 8.57. The molecule has 1 aromatic rings. The van der Waals surface area contributed by atoms with Crippen LogP contribution in [-0.2, 0) is 4.79 Å². The molecule has 0 saturated heterocycles. The number of guanidine groups is 1. The van der Waals surface area contributed by atoms with E-state index in [1.807, 2.05) is 18.2 Å². The second kappa shape index (κ2) is 12.5. The third kappa shape index (κ3) is 6.83. The van der Waals surface area contributed by atoms with Gasteiger partial charge in [-0.3, -0.25) is 9.79 Å². The van der Waals surface area contributed by atoms with Gasteiger partial charge in [-0.05, 0) is 51.4 Å². The first-order chi connectivity index (χ1) is 14.1. The lowest BCUT2D eigenvalue weighted by Gasteiger charge is -2.34. The number of para-hydroxylation sites is 1. The minimum Gasteiger partial charge on any atom is -0.357 e. The quantitative estimate of drug-likeness (QED) is 0.287. The second-order valence-electron chi connectivity index (χ2n) is 8.57. The molecule has 0 bridgehead atoms. The van der Waals surface area contributed by atoms with Gasteiger partial charge in [-0.25, -0.2) is 0 Å². The Bertz CT molecular complexity index is 703. The summed E-state index contributed by atoms with van der Waals surface area (Å²) in [4.78, 5) is 19.3. The van der Waals surface area contributed by atoms with Gasteiger partial charge in [0.15, 0.2) is 5.96 Å². The van der Waals surface area contributed by atoms with E-state index in [1.165, 1.54) is 37.7 Å². The smallest absolute Gasteiger partial charge is 0.225 e. The van der Waals surface area contributed by atoms with Gasteiger partial charge in [0.25, 0.3) is 0 Å². The van der Waals surface area contributed by atoms with Crippen molar-refractivity contribution in [2.45, 2.75) is 57.4 Å². The molecule has 1 aromatic carbocycles. The largest absolute Gasteiger partial charge is 0.357 e. The predicted octanol–water partition coefficient (Wildman–Crippen LogP) is 3.80. The number of carbonyl (C=O) groups is 1. The van der Waals surface area contributed by atoms with E-state index in [4.69, 9.17) is 4.99 Å². The summed E-state index contributed by atoms with van der Waals surface area (Å²) in [5, 5.41) is 9.84. The van der Waals surface area contributed by atoms with E-state index in [9.17, 15) is 4.79 Å². The molecular formula is C23H38IN5O. The first kappa shape index (κ1) is 24.9. The fourth-order valence-corrected chi connectivity index (χ4v) is 4.68. The number of hydrogen-bond donors (Lipinski definition) is 3. The molecule has 3 rings (SSSR count). The highest BCUT2D eigenvalue weighted by Gasteiger charge is 2.26. The fourth-order valence-electron chi connectivity index (χ4n) is 4.68. The van der Waals surface area contributed by atoms with Gasteiger partial charge in [0.2, 0.25) is 5.91 Å². The minimum absolute atomic E-state index is 0. The van der Waals surface area contributed by atoms with Crippen LogP contribution in [0, 0.1) is 5.92 Å². The summed E-state index contributed by atoms with van der Waals surface area (Å²) < 4.78 is 0. The number of carbonyl (C=O) groups excluding carboxylic acids is 1. The Morgan fingerprint density at radius 3 is 2.63 bits per heavy atom. The van der Waals surface area contributed by atoms with Crippen molar-refractivity contribution in [3.63, 3.8) is 0 Å². The first-order valence-corrected chi connectivity index (χ1v) is 11.2. The Kier molecular flexibility index (Phi) is 10.4. The van der Waals surface area contributed by atoms with Crippen molar-refractivity contribution in [3.8, 4) is 0 Å². The normalized spacial score (nSPS) is 20.7. The minimum atomic E-state index is 0. The molecule has 0 spiro atoms. The van der Waals surface area contributed by atoms with Crippen molar-refractivity contribution < 1.29 is 4.79 Å². The van der Waals surface area contributed by atoms with E-state index >= 15 is 0 Å². The summed E-state index contributed by atoms with van der Waals surface area (Å²) in [6, 6.07) is 8.56. The SMILES string of the molecule is CCNC(=NCC(C1CCCCC1)N(C)C)NCC1CC(=O)Nc2ccccc21.I. The van der Waals surface area contributed by atoms with Crippen molar-refractivity contribution in [2.75, 3.05) is 39.0 Å². The van der Waals surface area contributed by atoms with Gasteiger partial charge in [0.05, 0.1) is 6.54 Å². The summed E-state index contributed by atoms with van der Waals surface area (Å²) >= 11 is 0. The lowest BCUT2D eigenvalue weighted by molar-refractivity contribution is -0.116. The lowest BCUT2D eigenvalue weighted by Crippen LogP contribution is -2.43. The molecule has 1 amide bonds. The molecule has 1 saturated carbocycles. The molecule has 1 aliphatic carbocycles. The van der Waals surface area contributed by atoms with Crippen LogP contribution in [0.15, 0.2) is 29.3 Å². The van der Waals surface area contributed by atoms with Crippen LogP contribution in [0.2, 0.25) is 0 Å². The lowest BCUT2D eigenvalue weighted by atomic mass is 9.83. The molecule has 3 N–H and O–H groups in total. The number of nitrogens with zero attached hydrogens (tertiary/aromatic N) is 2. The highest BCUT2D eigenvalue weighted by atomic mass is 127. The fraction of sp³-hybridized carbons (Fsp3) is 0.652. The Hall–Kier alpha value is -1.35. The number of aliphatic imine (C=N–C) groups is 1. The first-order valence-electron chi connectivity index (χ1n) is 11.2. The molecule has 2 atom stereocenters. The van der Waals surface area contributed by atoms with Crippen LogP contribution in [-0.4, -0.2) is 56.5 Å². The maximum Gasteiger partial charge on any atom is 0.225 e. The average Bonchev–Trinajstić information content (AvgIpc) is 2.72. The maximum absolute atomic E-state index is 12.1. The number of halogens is 1. The number of rotatable bonds is 7. The highest BCUT2D eigenvalue weighted by Crippen LogP contribution is 2.31. The third-order valence-corrected chi connectivity index (χ3v) is 6.26. The number of anilines is 1. The van der Waals surface area contributed by atoms with E-state index in [2.05, 4.69) is 47.9 Å². The summed E-state index contributed by atoms with van der Waals surface area (Å²) in [6.07, 6.45) is 7.21. The van der Waals surface area contributed by atoms with Crippen LogP contribution in [0.4, 0.5) is 5.69 Å². The van der Waals surface area contributed by atoms with Gasteiger partial charge in [0, 0.05) is 37.2 Å². The number of hydrogen-bond acceptors (Lipinski definition) is 3. The summed E-state index contributed by atoms with van der Waals surface area (Å²) in [5.41, 5.74) is 2.13. The molecule has 1 aliphatic heterocycles. The number of amides is 1. The van der Waals surface area contributed by atoms with E-state index in [0.717, 1.165) is 30.7 Å². The zero-order chi connectivity index (χ0) is 20.6. The Balaban J connectivity index is 0.00000320. The van der Waals surface area contributed by atoms with Crippen molar-refractivity contribution in [3.05, 3.63) is 29.8 Å². The molecule has 2 aliphatic rings. The molecule has 2 unspecified atom stereocenters. The van der Waals surface area contributed by atoms with Crippen molar-refractivity contribution in [1.82, 2.24) is 15.5 Å². The summed E-state index contributed by atoms with van der Waals surface area (Å²) in [6.45, 7) is 4.41. The van der Waals surface area contributed by atoms with Crippen LogP contribution in [0.3, 0.4) is 0 Å². The van der Waals surface area contributed by atoms with Crippen LogP contribution in [0.5, 0.6) is 0 Å². The molecule has 168 valence electrons. The number of likely N-dealkylation sites (N-methyl/N-ethyl adjacent to an activating group) is 1. The predicted molar refractivity (Wildman–Crippen MR) is 136 cm³/mol. The maximum atomic E-state index is 12.1. The van der Waals surface area contributed by atoms with Crippen LogP contribution >= 0.6 is 24.0 Å². The molecule has 1 heterocycles. The standard InChI is InChI=1S/C23H37N5O.HI/c1-4-24-23(26-16-21(28(2)3)17-10-6-5-7-11-17)25-15-18-14-22(29)27-20-13-9-8-12-19(18)20;/h8-9,12-13,17-18,21H,4-7,10-11,14-16H2,1-3H3,(H,27,29)(H2,24,25,26);1H. The summed E-state index contributed by atoms with van der Waals surface area (Å²) in [7, 11) is 4.35. The van der Waals surface area contributed by atoms with Gasteiger partial charge in [-0.15, -0.1) is 24.0 Å². The van der Waals surface area contributed by atoms with E-state index in [1.54, 1.807) is 0 Å². The number of fused-ring (bicyclic) bond motifs is 1. The van der Waals surface area contributed by atoms with Crippen molar-refractivity contribution in [2.24, 2.45) is 10.9 Å². The van der Waals surface area contributed by atoms with Crippen LogP contribution in [0.25, 0.3) is 0 Å². The average molecular weight is 527 g/mol. The van der Waals surface area contributed by atoms with Crippen LogP contribution in [0.1, 0.15) is 56.9 Å². The monoisotopic (exact) mass is 527 g/mol. The number of benzene rings is 1. The van der Waals surface area contributed by atoms with E-state index < -0.39 is 0 Å². The molecule has 6 nitrogen and oxygen atoms in total. The van der Waals surface area contributed by atoms with E-state index in [0.29, 0.717) is 19.0 Å². The van der Waals surface area contributed by atoms with Crippen LogP contribution < -0.4 is 16.0 Å². The Morgan fingerprint density at radius 1 is 1.20 bits per heavy atom.